The molecule has 2 rings (SSSR count). The second-order valence-corrected chi connectivity index (χ2v) is 7.82. The van der Waals surface area contributed by atoms with Crippen LogP contribution in [0.1, 0.15) is 18.2 Å². The van der Waals surface area contributed by atoms with E-state index in [1.165, 1.54) is 19.4 Å². The van der Waals surface area contributed by atoms with Gasteiger partial charge in [0, 0.05) is 24.1 Å². The standard InChI is InChI=1S/C21H28N6O5S/c1-12(18(28)26-16(21(31)32)8-14-9-23-11-24-14)25-20(30)17(10-33)27-19(29)15(22)7-13-5-3-2-4-6-13/h2-6,9,11-12,15-17,33H,7-8,10,22H2,1H3,(H,23,24)(H,25,30)(H,26,28)(H,27,29)(H,31,32). The molecule has 0 saturated heterocycles. The number of carboxylic acid groups (broad SMARTS) is 1. The molecule has 0 saturated carbocycles. The number of carbonyl (C=O) groups is 4. The van der Waals surface area contributed by atoms with E-state index in [0.29, 0.717) is 12.1 Å². The van der Waals surface area contributed by atoms with Gasteiger partial charge in [0.05, 0.1) is 12.4 Å². The Morgan fingerprint density at radius 3 is 2.27 bits per heavy atom. The summed E-state index contributed by atoms with van der Waals surface area (Å²) in [5.41, 5.74) is 7.35. The molecule has 0 aliphatic rings. The highest BCUT2D eigenvalue weighted by atomic mass is 32.1. The van der Waals surface area contributed by atoms with Crippen LogP contribution in [-0.4, -0.2) is 68.7 Å². The van der Waals surface area contributed by atoms with Crippen LogP contribution in [0.3, 0.4) is 0 Å². The molecule has 3 amide bonds. The Morgan fingerprint density at radius 2 is 1.70 bits per heavy atom. The topological polar surface area (TPSA) is 179 Å². The van der Waals surface area contributed by atoms with Crippen molar-refractivity contribution < 1.29 is 24.3 Å². The highest BCUT2D eigenvalue weighted by molar-refractivity contribution is 7.80. The molecule has 0 aliphatic heterocycles. The molecule has 0 aliphatic carbocycles. The third-order valence-electron chi connectivity index (χ3n) is 4.80. The van der Waals surface area contributed by atoms with Gasteiger partial charge in [-0.1, -0.05) is 30.3 Å². The van der Waals surface area contributed by atoms with Gasteiger partial charge in [0.1, 0.15) is 18.1 Å². The van der Waals surface area contributed by atoms with Crippen LogP contribution in [0.15, 0.2) is 42.9 Å². The van der Waals surface area contributed by atoms with Gasteiger partial charge in [0.15, 0.2) is 0 Å². The minimum atomic E-state index is -1.23. The van der Waals surface area contributed by atoms with Crippen molar-refractivity contribution >= 4 is 36.3 Å². The normalized spacial score (nSPS) is 14.4. The molecule has 0 fully saturated rings. The van der Waals surface area contributed by atoms with Crippen molar-refractivity contribution in [2.24, 2.45) is 5.73 Å². The van der Waals surface area contributed by atoms with Crippen molar-refractivity contribution in [3.05, 3.63) is 54.1 Å². The van der Waals surface area contributed by atoms with Gasteiger partial charge in [-0.15, -0.1) is 0 Å². The summed E-state index contributed by atoms with van der Waals surface area (Å²) in [5, 5.41) is 16.7. The summed E-state index contributed by atoms with van der Waals surface area (Å²) in [6.45, 7) is 1.40. The highest BCUT2D eigenvalue weighted by Gasteiger charge is 2.28. The molecule has 2 aromatic rings. The zero-order chi connectivity index (χ0) is 24.4. The monoisotopic (exact) mass is 476 g/mol. The van der Waals surface area contributed by atoms with E-state index in [9.17, 15) is 24.3 Å². The fourth-order valence-corrected chi connectivity index (χ4v) is 3.18. The summed E-state index contributed by atoms with van der Waals surface area (Å²) in [6, 6.07) is 5.02. The van der Waals surface area contributed by atoms with Crippen molar-refractivity contribution in [1.29, 1.82) is 0 Å². The number of nitrogens with zero attached hydrogens (tertiary/aromatic N) is 1. The average Bonchev–Trinajstić information content (AvgIpc) is 3.30. The lowest BCUT2D eigenvalue weighted by Gasteiger charge is -2.22. The van der Waals surface area contributed by atoms with Crippen LogP contribution < -0.4 is 21.7 Å². The lowest BCUT2D eigenvalue weighted by molar-refractivity contribution is -0.142. The van der Waals surface area contributed by atoms with Gasteiger partial charge >= 0.3 is 5.97 Å². The Hall–Kier alpha value is -3.38. The first kappa shape index (κ1) is 25.9. The van der Waals surface area contributed by atoms with Gasteiger partial charge in [-0.2, -0.15) is 12.6 Å². The summed E-state index contributed by atoms with van der Waals surface area (Å²) in [5.74, 6) is -3.13. The third-order valence-corrected chi connectivity index (χ3v) is 5.16. The van der Waals surface area contributed by atoms with Crippen LogP contribution in [-0.2, 0) is 32.0 Å². The Bertz CT molecular complexity index is 940. The number of aromatic amines is 1. The second kappa shape index (κ2) is 12.6. The van der Waals surface area contributed by atoms with Crippen molar-refractivity contribution in [3.63, 3.8) is 0 Å². The molecule has 4 unspecified atom stereocenters. The molecule has 1 aromatic heterocycles. The zero-order valence-corrected chi connectivity index (χ0v) is 18.9. The Balaban J connectivity index is 1.88. The number of carbonyl (C=O) groups excluding carboxylic acids is 3. The SMILES string of the molecule is CC(NC(=O)C(CS)NC(=O)C(N)Cc1ccccc1)C(=O)NC(Cc1cnc[nH]1)C(=O)O. The number of carboxylic acids is 1. The number of amides is 3. The van der Waals surface area contributed by atoms with Gasteiger partial charge in [-0.05, 0) is 18.9 Å². The number of imidazole rings is 1. The molecule has 0 radical (unpaired) electrons. The molecule has 178 valence electrons. The van der Waals surface area contributed by atoms with E-state index in [1.807, 2.05) is 30.3 Å². The largest absolute Gasteiger partial charge is 0.480 e. The van der Waals surface area contributed by atoms with E-state index >= 15 is 0 Å². The highest BCUT2D eigenvalue weighted by Crippen LogP contribution is 2.03. The number of nitrogens with two attached hydrogens (primary N) is 1. The fourth-order valence-electron chi connectivity index (χ4n) is 2.93. The predicted octanol–water partition coefficient (Wildman–Crippen LogP) is -0.989. The average molecular weight is 477 g/mol. The van der Waals surface area contributed by atoms with Crippen molar-refractivity contribution in [2.45, 2.75) is 43.9 Å². The molecule has 1 heterocycles. The molecule has 33 heavy (non-hydrogen) atoms. The molecule has 11 nitrogen and oxygen atoms in total. The van der Waals surface area contributed by atoms with Gasteiger partial charge in [0.2, 0.25) is 17.7 Å². The molecular weight excluding hydrogens is 448 g/mol. The molecule has 12 heteroatoms. The Labute approximate surface area is 196 Å². The number of H-pyrrole nitrogens is 1. The first-order valence-corrected chi connectivity index (χ1v) is 10.9. The van der Waals surface area contributed by atoms with Crippen LogP contribution in [0.2, 0.25) is 0 Å². The van der Waals surface area contributed by atoms with E-state index in [1.54, 1.807) is 0 Å². The molecule has 7 N–H and O–H groups in total. The van der Waals surface area contributed by atoms with E-state index in [4.69, 9.17) is 5.73 Å². The van der Waals surface area contributed by atoms with Crippen LogP contribution in [0.4, 0.5) is 0 Å². The van der Waals surface area contributed by atoms with E-state index in [0.717, 1.165) is 5.56 Å². The Kier molecular flexibility index (Phi) is 9.88. The van der Waals surface area contributed by atoms with E-state index < -0.39 is 47.9 Å². The van der Waals surface area contributed by atoms with Gasteiger partial charge < -0.3 is 31.8 Å². The van der Waals surface area contributed by atoms with Crippen molar-refractivity contribution in [1.82, 2.24) is 25.9 Å². The number of aliphatic carboxylic acids is 1. The third kappa shape index (κ3) is 8.24. The maximum atomic E-state index is 12.6. The minimum absolute atomic E-state index is 0.00361. The number of hydrogen-bond donors (Lipinski definition) is 7. The quantitative estimate of drug-likeness (QED) is 0.192. The summed E-state index contributed by atoms with van der Waals surface area (Å²) >= 11 is 4.10. The van der Waals surface area contributed by atoms with Gasteiger partial charge in [-0.25, -0.2) is 9.78 Å². The van der Waals surface area contributed by atoms with Gasteiger partial charge in [-0.3, -0.25) is 14.4 Å². The smallest absolute Gasteiger partial charge is 0.326 e. The fraction of sp³-hybridized carbons (Fsp3) is 0.381. The summed E-state index contributed by atoms with van der Waals surface area (Å²) < 4.78 is 0. The number of aromatic nitrogens is 2. The minimum Gasteiger partial charge on any atom is -0.480 e. The number of thiol groups is 1. The van der Waals surface area contributed by atoms with Crippen LogP contribution in [0.25, 0.3) is 0 Å². The van der Waals surface area contributed by atoms with Crippen LogP contribution >= 0.6 is 12.6 Å². The lowest BCUT2D eigenvalue weighted by atomic mass is 10.1. The number of nitrogens with one attached hydrogen (secondary N) is 4. The number of rotatable bonds is 12. The Morgan fingerprint density at radius 1 is 1.03 bits per heavy atom. The first-order chi connectivity index (χ1) is 15.7. The van der Waals surface area contributed by atoms with Crippen molar-refractivity contribution in [3.8, 4) is 0 Å². The number of benzene rings is 1. The van der Waals surface area contributed by atoms with E-state index in [-0.39, 0.29) is 12.2 Å². The molecule has 0 spiro atoms. The van der Waals surface area contributed by atoms with Crippen LogP contribution in [0.5, 0.6) is 0 Å². The van der Waals surface area contributed by atoms with Crippen LogP contribution in [0, 0.1) is 0 Å². The molecule has 4 atom stereocenters. The zero-order valence-electron chi connectivity index (χ0n) is 18.0. The maximum absolute atomic E-state index is 12.6. The van der Waals surface area contributed by atoms with E-state index in [2.05, 4.69) is 38.5 Å². The summed E-state index contributed by atoms with van der Waals surface area (Å²) in [7, 11) is 0. The van der Waals surface area contributed by atoms with Crippen molar-refractivity contribution in [2.75, 3.05) is 5.75 Å². The summed E-state index contributed by atoms with van der Waals surface area (Å²) in [4.78, 5) is 55.4. The van der Waals surface area contributed by atoms with Gasteiger partial charge in [0.25, 0.3) is 0 Å². The maximum Gasteiger partial charge on any atom is 0.326 e. The molecular formula is C21H28N6O5S. The molecule has 1 aromatic carbocycles. The molecule has 0 bridgehead atoms. The first-order valence-electron chi connectivity index (χ1n) is 10.2. The number of hydrogen-bond acceptors (Lipinski definition) is 7. The lowest BCUT2D eigenvalue weighted by Crippen LogP contribution is -2.57. The second-order valence-electron chi connectivity index (χ2n) is 7.45. The predicted molar refractivity (Wildman–Crippen MR) is 123 cm³/mol. The summed E-state index contributed by atoms with van der Waals surface area (Å²) in [6.07, 6.45) is 3.14.